The molecule has 0 bridgehead atoms. The molecule has 0 atom stereocenters. The van der Waals surface area contributed by atoms with Crippen LogP contribution in [0.2, 0.25) is 0 Å². The standard InChI is InChI=1S/C16H20N4O/c1-13-15(6-3-9-19-13)16(21)20-10-4-8-18-12-14-5-2-7-17-11-14/h2-3,5-7,9,11,18H,4,8,10,12H2,1H3,(H,20,21). The van der Waals surface area contributed by atoms with E-state index in [-0.39, 0.29) is 5.91 Å². The van der Waals surface area contributed by atoms with Crippen LogP contribution in [-0.2, 0) is 6.54 Å². The summed E-state index contributed by atoms with van der Waals surface area (Å²) in [5.74, 6) is -0.0622. The van der Waals surface area contributed by atoms with Crippen LogP contribution in [0.15, 0.2) is 42.9 Å². The van der Waals surface area contributed by atoms with Crippen molar-refractivity contribution in [2.24, 2.45) is 0 Å². The van der Waals surface area contributed by atoms with E-state index in [1.165, 1.54) is 0 Å². The fourth-order valence-electron chi connectivity index (χ4n) is 1.97. The number of rotatable bonds is 7. The summed E-state index contributed by atoms with van der Waals surface area (Å²) in [5.41, 5.74) is 2.55. The van der Waals surface area contributed by atoms with Crippen LogP contribution >= 0.6 is 0 Å². The molecular formula is C16H20N4O. The van der Waals surface area contributed by atoms with Crippen LogP contribution in [0.4, 0.5) is 0 Å². The van der Waals surface area contributed by atoms with E-state index in [0.717, 1.165) is 30.8 Å². The van der Waals surface area contributed by atoms with E-state index in [4.69, 9.17) is 0 Å². The number of carbonyl (C=O) groups excluding carboxylic acids is 1. The Hall–Kier alpha value is -2.27. The lowest BCUT2D eigenvalue weighted by molar-refractivity contribution is 0.0952. The van der Waals surface area contributed by atoms with Gasteiger partial charge in [0.1, 0.15) is 0 Å². The molecule has 0 spiro atoms. The maximum absolute atomic E-state index is 11.9. The Morgan fingerprint density at radius 3 is 2.81 bits per heavy atom. The molecule has 2 rings (SSSR count). The first kappa shape index (κ1) is 15.1. The van der Waals surface area contributed by atoms with Crippen LogP contribution in [0.3, 0.4) is 0 Å². The summed E-state index contributed by atoms with van der Waals surface area (Å²) in [6, 6.07) is 7.52. The van der Waals surface area contributed by atoms with E-state index < -0.39 is 0 Å². The molecule has 110 valence electrons. The summed E-state index contributed by atoms with van der Waals surface area (Å²) in [6.45, 7) is 4.13. The van der Waals surface area contributed by atoms with Gasteiger partial charge in [0.05, 0.1) is 5.56 Å². The van der Waals surface area contributed by atoms with Crippen molar-refractivity contribution >= 4 is 5.91 Å². The topological polar surface area (TPSA) is 66.9 Å². The molecular weight excluding hydrogens is 264 g/mol. The molecule has 0 saturated carbocycles. The lowest BCUT2D eigenvalue weighted by Gasteiger charge is -2.07. The van der Waals surface area contributed by atoms with Gasteiger partial charge in [0.25, 0.3) is 5.91 Å². The second kappa shape index (κ2) is 8.11. The average molecular weight is 284 g/mol. The molecule has 2 aromatic rings. The summed E-state index contributed by atoms with van der Waals surface area (Å²) in [5, 5.41) is 6.23. The van der Waals surface area contributed by atoms with Gasteiger partial charge in [-0.3, -0.25) is 14.8 Å². The minimum absolute atomic E-state index is 0.0622. The lowest BCUT2D eigenvalue weighted by atomic mass is 10.2. The van der Waals surface area contributed by atoms with Gasteiger partial charge in [0.2, 0.25) is 0 Å². The van der Waals surface area contributed by atoms with Gasteiger partial charge in [-0.2, -0.15) is 0 Å². The van der Waals surface area contributed by atoms with E-state index >= 15 is 0 Å². The second-order valence-electron chi connectivity index (χ2n) is 4.78. The van der Waals surface area contributed by atoms with Gasteiger partial charge in [-0.05, 0) is 43.7 Å². The van der Waals surface area contributed by atoms with Crippen molar-refractivity contribution in [3.63, 3.8) is 0 Å². The van der Waals surface area contributed by atoms with Gasteiger partial charge >= 0.3 is 0 Å². The summed E-state index contributed by atoms with van der Waals surface area (Å²) in [6.07, 6.45) is 6.18. The third kappa shape index (κ3) is 4.96. The first-order chi connectivity index (χ1) is 10.3. The highest BCUT2D eigenvalue weighted by atomic mass is 16.1. The number of hydrogen-bond acceptors (Lipinski definition) is 4. The van der Waals surface area contributed by atoms with Crippen molar-refractivity contribution in [3.8, 4) is 0 Å². The van der Waals surface area contributed by atoms with Gasteiger partial charge < -0.3 is 10.6 Å². The molecule has 21 heavy (non-hydrogen) atoms. The number of amides is 1. The Morgan fingerprint density at radius 1 is 1.19 bits per heavy atom. The van der Waals surface area contributed by atoms with E-state index in [1.54, 1.807) is 24.5 Å². The molecule has 0 saturated heterocycles. The number of hydrogen-bond donors (Lipinski definition) is 2. The Morgan fingerprint density at radius 2 is 2.05 bits per heavy atom. The zero-order valence-electron chi connectivity index (χ0n) is 12.2. The number of aromatic nitrogens is 2. The Bertz CT molecular complexity index is 571. The van der Waals surface area contributed by atoms with Crippen LogP contribution in [0.25, 0.3) is 0 Å². The molecule has 1 amide bonds. The molecule has 5 heteroatoms. The van der Waals surface area contributed by atoms with Gasteiger partial charge in [-0.1, -0.05) is 6.07 Å². The number of aryl methyl sites for hydroxylation is 1. The van der Waals surface area contributed by atoms with Crippen molar-refractivity contribution < 1.29 is 4.79 Å². The van der Waals surface area contributed by atoms with Crippen LogP contribution in [-0.4, -0.2) is 29.0 Å². The van der Waals surface area contributed by atoms with Gasteiger partial charge in [-0.15, -0.1) is 0 Å². The predicted molar refractivity (Wildman–Crippen MR) is 81.9 cm³/mol. The highest BCUT2D eigenvalue weighted by molar-refractivity contribution is 5.95. The van der Waals surface area contributed by atoms with Crippen molar-refractivity contribution in [2.45, 2.75) is 19.9 Å². The van der Waals surface area contributed by atoms with E-state index in [0.29, 0.717) is 12.1 Å². The fraction of sp³-hybridized carbons (Fsp3) is 0.312. The van der Waals surface area contributed by atoms with Gasteiger partial charge in [0.15, 0.2) is 0 Å². The van der Waals surface area contributed by atoms with Gasteiger partial charge in [0, 0.05) is 37.4 Å². The third-order valence-corrected chi connectivity index (χ3v) is 3.12. The minimum Gasteiger partial charge on any atom is -0.352 e. The first-order valence-corrected chi connectivity index (χ1v) is 7.07. The smallest absolute Gasteiger partial charge is 0.253 e. The summed E-state index contributed by atoms with van der Waals surface area (Å²) < 4.78 is 0. The molecule has 0 fully saturated rings. The highest BCUT2D eigenvalue weighted by Gasteiger charge is 2.07. The summed E-state index contributed by atoms with van der Waals surface area (Å²) >= 11 is 0. The van der Waals surface area contributed by atoms with Gasteiger partial charge in [-0.25, -0.2) is 0 Å². The first-order valence-electron chi connectivity index (χ1n) is 7.07. The summed E-state index contributed by atoms with van der Waals surface area (Å²) in [7, 11) is 0. The molecule has 0 aliphatic rings. The second-order valence-corrected chi connectivity index (χ2v) is 4.78. The van der Waals surface area contributed by atoms with Crippen molar-refractivity contribution in [3.05, 3.63) is 59.7 Å². The van der Waals surface area contributed by atoms with Crippen LogP contribution < -0.4 is 10.6 Å². The Kier molecular flexibility index (Phi) is 5.84. The molecule has 0 aromatic carbocycles. The highest BCUT2D eigenvalue weighted by Crippen LogP contribution is 2.02. The minimum atomic E-state index is -0.0622. The maximum atomic E-state index is 11.9. The lowest BCUT2D eigenvalue weighted by Crippen LogP contribution is -2.28. The van der Waals surface area contributed by atoms with Crippen molar-refractivity contribution in [2.75, 3.05) is 13.1 Å². The van der Waals surface area contributed by atoms with Crippen LogP contribution in [0.1, 0.15) is 28.0 Å². The van der Waals surface area contributed by atoms with Crippen LogP contribution in [0, 0.1) is 6.92 Å². The zero-order chi connectivity index (χ0) is 14.9. The van der Waals surface area contributed by atoms with E-state index in [2.05, 4.69) is 20.6 Å². The molecule has 5 nitrogen and oxygen atoms in total. The predicted octanol–water partition coefficient (Wildman–Crippen LogP) is 1.69. The quantitative estimate of drug-likeness (QED) is 0.759. The van der Waals surface area contributed by atoms with Crippen LogP contribution in [0.5, 0.6) is 0 Å². The fourth-order valence-corrected chi connectivity index (χ4v) is 1.97. The SMILES string of the molecule is Cc1ncccc1C(=O)NCCCNCc1cccnc1. The maximum Gasteiger partial charge on any atom is 0.253 e. The summed E-state index contributed by atoms with van der Waals surface area (Å²) in [4.78, 5) is 20.1. The molecule has 0 unspecified atom stereocenters. The van der Waals surface area contributed by atoms with Crippen molar-refractivity contribution in [1.29, 1.82) is 0 Å². The number of nitrogens with zero attached hydrogens (tertiary/aromatic N) is 2. The molecule has 0 aliphatic carbocycles. The molecule has 0 aliphatic heterocycles. The normalized spacial score (nSPS) is 10.3. The van der Waals surface area contributed by atoms with E-state index in [9.17, 15) is 4.79 Å². The molecule has 2 N–H and O–H groups in total. The largest absolute Gasteiger partial charge is 0.352 e. The van der Waals surface area contributed by atoms with Crippen molar-refractivity contribution in [1.82, 2.24) is 20.6 Å². The molecule has 2 heterocycles. The monoisotopic (exact) mass is 284 g/mol. The average Bonchev–Trinajstić information content (AvgIpc) is 2.52. The molecule has 2 aromatic heterocycles. The Labute approximate surface area is 124 Å². The number of carbonyl (C=O) groups is 1. The third-order valence-electron chi connectivity index (χ3n) is 3.12. The number of pyridine rings is 2. The molecule has 0 radical (unpaired) electrons. The van der Waals surface area contributed by atoms with E-state index in [1.807, 2.05) is 25.3 Å². The Balaban J connectivity index is 1.62. The number of nitrogens with one attached hydrogen (secondary N) is 2. The zero-order valence-corrected chi connectivity index (χ0v) is 12.2.